The summed E-state index contributed by atoms with van der Waals surface area (Å²) in [7, 11) is 0. The molecule has 1 fully saturated rings. The molecular weight excluding hydrogens is 464 g/mol. The third-order valence-electron chi connectivity index (χ3n) is 6.97. The van der Waals surface area contributed by atoms with Crippen molar-refractivity contribution in [2.24, 2.45) is 5.92 Å². The lowest BCUT2D eigenvalue weighted by Gasteiger charge is -2.31. The van der Waals surface area contributed by atoms with Gasteiger partial charge in [-0.1, -0.05) is 12.1 Å². The number of aromatic hydroxyl groups is 2. The minimum atomic E-state index is -0.630. The van der Waals surface area contributed by atoms with Crippen LogP contribution in [0.2, 0.25) is 0 Å². The van der Waals surface area contributed by atoms with E-state index in [9.17, 15) is 19.0 Å². The smallest absolute Gasteiger partial charge is 0.150 e. The summed E-state index contributed by atoms with van der Waals surface area (Å²) in [6, 6.07) is 16.2. The zero-order valence-electron chi connectivity index (χ0n) is 20.1. The third-order valence-corrected chi connectivity index (χ3v) is 6.97. The number of rotatable bonds is 7. The Hall–Kier alpha value is -3.58. The molecule has 3 aromatic rings. The first kappa shape index (κ1) is 24.1. The summed E-state index contributed by atoms with van der Waals surface area (Å²) in [6.45, 7) is 4.52. The summed E-state index contributed by atoms with van der Waals surface area (Å²) >= 11 is 0. The molecule has 1 saturated heterocycles. The van der Waals surface area contributed by atoms with Crippen LogP contribution < -0.4 is 9.47 Å². The number of phenols is 2. The van der Waals surface area contributed by atoms with E-state index in [1.807, 2.05) is 31.2 Å². The van der Waals surface area contributed by atoms with Gasteiger partial charge in [0.05, 0.1) is 6.67 Å². The quantitative estimate of drug-likeness (QED) is 0.425. The molecule has 7 heteroatoms. The van der Waals surface area contributed by atoms with Gasteiger partial charge in [-0.2, -0.15) is 0 Å². The highest BCUT2D eigenvalue weighted by molar-refractivity contribution is 5.96. The summed E-state index contributed by atoms with van der Waals surface area (Å²) in [5.41, 5.74) is 3.03. The number of allylic oxidation sites excluding steroid dienone is 1. The van der Waals surface area contributed by atoms with Crippen molar-refractivity contribution in [1.82, 2.24) is 4.90 Å². The van der Waals surface area contributed by atoms with Crippen LogP contribution in [0.1, 0.15) is 36.1 Å². The zero-order chi connectivity index (χ0) is 25.2. The molecule has 3 aromatic carbocycles. The average Bonchev–Trinajstić information content (AvgIpc) is 3.34. The molecule has 0 aromatic heterocycles. The number of halogens is 2. The van der Waals surface area contributed by atoms with Gasteiger partial charge < -0.3 is 19.7 Å². The van der Waals surface area contributed by atoms with E-state index in [0.29, 0.717) is 29.2 Å². The first-order valence-electron chi connectivity index (χ1n) is 12.1. The van der Waals surface area contributed by atoms with Crippen LogP contribution in [0.4, 0.5) is 8.78 Å². The summed E-state index contributed by atoms with van der Waals surface area (Å²) in [5.74, 6) is 0.976. The molecule has 2 atom stereocenters. The van der Waals surface area contributed by atoms with E-state index in [4.69, 9.17) is 9.47 Å². The van der Waals surface area contributed by atoms with Crippen LogP contribution in [0.25, 0.3) is 11.1 Å². The Morgan fingerprint density at radius 2 is 1.72 bits per heavy atom. The Morgan fingerprint density at radius 3 is 2.44 bits per heavy atom. The van der Waals surface area contributed by atoms with Crippen molar-refractivity contribution in [2.45, 2.75) is 19.4 Å². The van der Waals surface area contributed by atoms with Crippen molar-refractivity contribution in [3.05, 3.63) is 83.2 Å². The van der Waals surface area contributed by atoms with Crippen molar-refractivity contribution in [3.63, 3.8) is 0 Å². The molecule has 2 aliphatic rings. The fraction of sp³-hybridized carbons (Fsp3) is 0.310. The molecule has 2 aliphatic heterocycles. The van der Waals surface area contributed by atoms with Gasteiger partial charge in [0.2, 0.25) is 0 Å². The Bertz CT molecular complexity index is 1270. The van der Waals surface area contributed by atoms with Gasteiger partial charge in [-0.15, -0.1) is 0 Å². The highest BCUT2D eigenvalue weighted by Crippen LogP contribution is 2.48. The predicted octanol–water partition coefficient (Wildman–Crippen LogP) is 5.97. The molecule has 0 aliphatic carbocycles. The van der Waals surface area contributed by atoms with Crippen LogP contribution >= 0.6 is 0 Å². The van der Waals surface area contributed by atoms with Gasteiger partial charge in [0.25, 0.3) is 0 Å². The first-order chi connectivity index (χ1) is 17.4. The second-order valence-electron chi connectivity index (χ2n) is 9.41. The fourth-order valence-corrected chi connectivity index (χ4v) is 5.01. The van der Waals surface area contributed by atoms with Crippen LogP contribution in [0.15, 0.2) is 60.7 Å². The number of nitrogens with zero attached hydrogens (tertiary/aromatic N) is 1. The number of alkyl halides is 1. The lowest BCUT2D eigenvalue weighted by atomic mass is 9.86. The van der Waals surface area contributed by atoms with E-state index >= 15 is 0 Å². The highest BCUT2D eigenvalue weighted by Gasteiger charge is 2.31. The summed E-state index contributed by atoms with van der Waals surface area (Å²) in [5, 5.41) is 20.1. The molecule has 0 amide bonds. The van der Waals surface area contributed by atoms with E-state index in [1.165, 1.54) is 18.2 Å². The van der Waals surface area contributed by atoms with Crippen molar-refractivity contribution in [3.8, 4) is 23.0 Å². The Balaban J connectivity index is 1.40. The monoisotopic (exact) mass is 493 g/mol. The van der Waals surface area contributed by atoms with Crippen molar-refractivity contribution >= 4 is 11.1 Å². The van der Waals surface area contributed by atoms with E-state index < -0.39 is 11.9 Å². The van der Waals surface area contributed by atoms with Crippen LogP contribution in [-0.4, -0.2) is 48.0 Å². The second-order valence-corrected chi connectivity index (χ2v) is 9.41. The molecule has 2 unspecified atom stereocenters. The molecule has 0 spiro atoms. The minimum Gasteiger partial charge on any atom is -0.508 e. The highest BCUT2D eigenvalue weighted by atomic mass is 19.1. The van der Waals surface area contributed by atoms with E-state index in [1.54, 1.807) is 18.2 Å². The van der Waals surface area contributed by atoms with Crippen molar-refractivity contribution in [1.29, 1.82) is 0 Å². The third kappa shape index (κ3) is 4.88. The maximum atomic E-state index is 15.0. The van der Waals surface area contributed by atoms with Gasteiger partial charge >= 0.3 is 0 Å². The number of phenolic OH excluding ortho intramolecular Hbond substituents is 2. The normalized spacial score (nSPS) is 19.8. The Kier molecular flexibility index (Phi) is 6.83. The molecule has 0 radical (unpaired) electrons. The number of ether oxygens (including phenoxy) is 2. The number of likely N-dealkylation sites (tertiary alicyclic amines) is 1. The second kappa shape index (κ2) is 10.2. The lowest BCUT2D eigenvalue weighted by molar-refractivity contribution is 0.228. The predicted molar refractivity (Wildman–Crippen MR) is 134 cm³/mol. The van der Waals surface area contributed by atoms with Crippen molar-refractivity contribution in [2.75, 3.05) is 32.9 Å². The maximum absolute atomic E-state index is 15.0. The summed E-state index contributed by atoms with van der Waals surface area (Å²) in [4.78, 5) is 2.22. The number of hydrogen-bond acceptors (Lipinski definition) is 5. The average molecular weight is 494 g/mol. The van der Waals surface area contributed by atoms with Gasteiger partial charge in [-0.05, 0) is 79.6 Å². The lowest BCUT2D eigenvalue weighted by Crippen LogP contribution is -2.26. The minimum absolute atomic E-state index is 0.0493. The SMILES string of the molecule is CC1=C(c2cc(O)ccc2F)C(c2ccc(OCCN3CCC(CF)C3)cc2)Oc2ccc(O)cc21. The fourth-order valence-electron chi connectivity index (χ4n) is 5.01. The molecule has 0 saturated carbocycles. The molecule has 36 heavy (non-hydrogen) atoms. The van der Waals surface area contributed by atoms with Gasteiger partial charge in [0.15, 0.2) is 0 Å². The summed E-state index contributed by atoms with van der Waals surface area (Å²) in [6.07, 6.45) is 0.263. The molecule has 0 bridgehead atoms. The molecule has 5 rings (SSSR count). The molecule has 188 valence electrons. The molecule has 2 N–H and O–H groups in total. The largest absolute Gasteiger partial charge is 0.508 e. The van der Waals surface area contributed by atoms with E-state index in [0.717, 1.165) is 37.2 Å². The van der Waals surface area contributed by atoms with Crippen LogP contribution in [0.3, 0.4) is 0 Å². The number of benzene rings is 3. The molecule has 5 nitrogen and oxygen atoms in total. The van der Waals surface area contributed by atoms with Gasteiger partial charge in [0, 0.05) is 35.7 Å². The van der Waals surface area contributed by atoms with Gasteiger partial charge in [-0.3, -0.25) is 9.29 Å². The van der Waals surface area contributed by atoms with Crippen LogP contribution in [0, 0.1) is 11.7 Å². The maximum Gasteiger partial charge on any atom is 0.150 e. The Labute approximate surface area is 209 Å². The topological polar surface area (TPSA) is 62.2 Å². The van der Waals surface area contributed by atoms with E-state index in [2.05, 4.69) is 4.90 Å². The molecule has 2 heterocycles. The van der Waals surface area contributed by atoms with E-state index in [-0.39, 0.29) is 29.7 Å². The van der Waals surface area contributed by atoms with Gasteiger partial charge in [-0.25, -0.2) is 4.39 Å². The first-order valence-corrected chi connectivity index (χ1v) is 12.1. The van der Waals surface area contributed by atoms with Crippen molar-refractivity contribution < 1.29 is 28.5 Å². The Morgan fingerprint density at radius 1 is 1.00 bits per heavy atom. The number of fused-ring (bicyclic) bond motifs is 1. The molecular formula is C29H29F2NO4. The summed E-state index contributed by atoms with van der Waals surface area (Å²) < 4.78 is 40.0. The standard InChI is InChI=1S/C29H29F2NO4/c1-18-24-14-22(34)5-9-27(24)36-29(28(18)25-15-21(33)4-8-26(25)31)20-2-6-23(7-3-20)35-13-12-32-11-10-19(16-30)17-32/h2-9,14-15,19,29,33-34H,10-13,16-17H2,1H3. The number of hydrogen-bond donors (Lipinski definition) is 2. The van der Waals surface area contributed by atoms with Crippen LogP contribution in [0.5, 0.6) is 23.0 Å². The zero-order valence-corrected chi connectivity index (χ0v) is 20.1. The van der Waals surface area contributed by atoms with Gasteiger partial charge in [0.1, 0.15) is 41.5 Å². The van der Waals surface area contributed by atoms with Crippen LogP contribution in [-0.2, 0) is 0 Å².